The fourth-order valence-corrected chi connectivity index (χ4v) is 3.01. The molecular weight excluding hydrogens is 261 g/mol. The Morgan fingerprint density at radius 2 is 1.88 bits per heavy atom. The number of nitrogens with zero attached hydrogens (tertiary/aromatic N) is 2. The van der Waals surface area contributed by atoms with E-state index in [4.69, 9.17) is 33.5 Å². The molecule has 1 fully saturated rings. The number of aromatic nitrogens is 2. The zero-order valence-corrected chi connectivity index (χ0v) is 10.3. The van der Waals surface area contributed by atoms with Gasteiger partial charge in [0.2, 0.25) is 6.39 Å². The maximum atomic E-state index is 6.23. The number of halogens is 2. The van der Waals surface area contributed by atoms with E-state index in [0.29, 0.717) is 21.6 Å². The van der Waals surface area contributed by atoms with E-state index in [-0.39, 0.29) is 5.41 Å². The first-order valence-electron chi connectivity index (χ1n) is 5.15. The van der Waals surface area contributed by atoms with Gasteiger partial charge in [0.05, 0.1) is 5.41 Å². The fourth-order valence-electron chi connectivity index (χ4n) is 2.14. The number of benzene rings is 1. The smallest absolute Gasteiger partial charge is 0.213 e. The van der Waals surface area contributed by atoms with Gasteiger partial charge in [-0.3, -0.25) is 0 Å². The first kappa shape index (κ1) is 10.9. The molecule has 0 amide bonds. The van der Waals surface area contributed by atoms with Gasteiger partial charge in [0, 0.05) is 21.3 Å². The van der Waals surface area contributed by atoms with Crippen molar-refractivity contribution in [2.24, 2.45) is 0 Å². The highest BCUT2D eigenvalue weighted by Crippen LogP contribution is 2.56. The molecule has 1 aromatic heterocycles. The van der Waals surface area contributed by atoms with Gasteiger partial charge < -0.3 is 10.3 Å². The van der Waals surface area contributed by atoms with E-state index in [1.54, 1.807) is 12.1 Å². The Labute approximate surface area is 108 Å². The van der Waals surface area contributed by atoms with Crippen LogP contribution < -0.4 is 5.73 Å². The Morgan fingerprint density at radius 1 is 1.24 bits per heavy atom. The molecule has 0 atom stereocenters. The van der Waals surface area contributed by atoms with Crippen LogP contribution in [0.5, 0.6) is 0 Å². The molecule has 88 valence electrons. The molecular formula is C11H9Cl2N3O. The van der Waals surface area contributed by atoms with E-state index in [1.165, 1.54) is 6.39 Å². The standard InChI is InChI=1S/C11H9Cl2N3O/c12-7-3-6(14)4-8(13)9(7)11(1-2-11)10-15-5-17-16-10/h3-5H,1-2,14H2. The third-order valence-corrected chi connectivity index (χ3v) is 3.68. The van der Waals surface area contributed by atoms with E-state index in [0.717, 1.165) is 18.4 Å². The van der Waals surface area contributed by atoms with E-state index in [9.17, 15) is 0 Å². The van der Waals surface area contributed by atoms with Gasteiger partial charge in [-0.25, -0.2) is 0 Å². The number of rotatable bonds is 2. The molecule has 0 spiro atoms. The molecule has 0 aliphatic heterocycles. The Morgan fingerprint density at radius 3 is 2.35 bits per heavy atom. The van der Waals surface area contributed by atoms with Crippen molar-refractivity contribution in [1.29, 1.82) is 0 Å². The van der Waals surface area contributed by atoms with Crippen LogP contribution in [0.4, 0.5) is 5.69 Å². The lowest BCUT2D eigenvalue weighted by molar-refractivity contribution is 0.406. The highest BCUT2D eigenvalue weighted by atomic mass is 35.5. The lowest BCUT2D eigenvalue weighted by atomic mass is 9.94. The van der Waals surface area contributed by atoms with Crippen LogP contribution in [0, 0.1) is 0 Å². The minimum Gasteiger partial charge on any atom is -0.399 e. The number of anilines is 1. The summed E-state index contributed by atoms with van der Waals surface area (Å²) in [6, 6.07) is 3.39. The Bertz CT molecular complexity index is 541. The second kappa shape index (κ2) is 3.62. The molecule has 6 heteroatoms. The Kier molecular flexibility index (Phi) is 2.31. The fraction of sp³-hybridized carbons (Fsp3) is 0.273. The van der Waals surface area contributed by atoms with Crippen molar-refractivity contribution in [1.82, 2.24) is 10.1 Å². The minimum atomic E-state index is -0.297. The molecule has 0 bridgehead atoms. The van der Waals surface area contributed by atoms with Gasteiger partial charge in [-0.05, 0) is 25.0 Å². The van der Waals surface area contributed by atoms with Crippen LogP contribution in [-0.2, 0) is 5.41 Å². The second-order valence-electron chi connectivity index (χ2n) is 4.20. The minimum absolute atomic E-state index is 0.297. The maximum absolute atomic E-state index is 6.23. The lowest BCUT2D eigenvalue weighted by Crippen LogP contribution is -2.12. The van der Waals surface area contributed by atoms with Crippen LogP contribution in [0.15, 0.2) is 23.0 Å². The molecule has 3 rings (SSSR count). The molecule has 1 aromatic carbocycles. The summed E-state index contributed by atoms with van der Waals surface area (Å²) in [6.07, 6.45) is 3.14. The van der Waals surface area contributed by atoms with Crippen molar-refractivity contribution < 1.29 is 4.52 Å². The van der Waals surface area contributed by atoms with Crippen LogP contribution in [0.3, 0.4) is 0 Å². The van der Waals surface area contributed by atoms with Crippen LogP contribution >= 0.6 is 23.2 Å². The molecule has 1 aliphatic carbocycles. The Balaban J connectivity index is 2.17. The van der Waals surface area contributed by atoms with E-state index >= 15 is 0 Å². The average Bonchev–Trinajstić information content (AvgIpc) is 2.85. The van der Waals surface area contributed by atoms with E-state index in [2.05, 4.69) is 10.1 Å². The summed E-state index contributed by atoms with van der Waals surface area (Å²) in [4.78, 5) is 4.11. The molecule has 2 N–H and O–H groups in total. The second-order valence-corrected chi connectivity index (χ2v) is 5.01. The molecule has 2 aromatic rings. The van der Waals surface area contributed by atoms with Gasteiger partial charge in [-0.2, -0.15) is 4.98 Å². The predicted molar refractivity (Wildman–Crippen MR) is 65.2 cm³/mol. The number of nitrogens with two attached hydrogens (primary N) is 1. The molecule has 1 aliphatic rings. The van der Waals surface area contributed by atoms with Crippen molar-refractivity contribution in [2.75, 3.05) is 5.73 Å². The van der Waals surface area contributed by atoms with Gasteiger partial charge in [-0.1, -0.05) is 28.4 Å². The quantitative estimate of drug-likeness (QED) is 0.852. The Hall–Kier alpha value is -1.26. The van der Waals surface area contributed by atoms with Gasteiger partial charge >= 0.3 is 0 Å². The van der Waals surface area contributed by atoms with Crippen molar-refractivity contribution in [3.63, 3.8) is 0 Å². The molecule has 1 heterocycles. The van der Waals surface area contributed by atoms with E-state index in [1.807, 2.05) is 0 Å². The van der Waals surface area contributed by atoms with Crippen molar-refractivity contribution >= 4 is 28.9 Å². The van der Waals surface area contributed by atoms with Gasteiger partial charge in [-0.15, -0.1) is 0 Å². The summed E-state index contributed by atoms with van der Waals surface area (Å²) in [5, 5.41) is 5.00. The number of hydrogen-bond donors (Lipinski definition) is 1. The van der Waals surface area contributed by atoms with Gasteiger partial charge in [0.15, 0.2) is 5.82 Å². The normalized spacial score (nSPS) is 17.1. The van der Waals surface area contributed by atoms with Crippen molar-refractivity contribution in [3.8, 4) is 0 Å². The molecule has 17 heavy (non-hydrogen) atoms. The molecule has 0 radical (unpaired) electrons. The maximum Gasteiger partial charge on any atom is 0.213 e. The van der Waals surface area contributed by atoms with Crippen molar-refractivity contribution in [3.05, 3.63) is 40.0 Å². The van der Waals surface area contributed by atoms with E-state index < -0.39 is 0 Å². The zero-order chi connectivity index (χ0) is 12.0. The summed E-state index contributed by atoms with van der Waals surface area (Å²) in [5.41, 5.74) is 6.79. The molecule has 0 unspecified atom stereocenters. The SMILES string of the molecule is Nc1cc(Cl)c(C2(c3ncon3)CC2)c(Cl)c1. The summed E-state index contributed by atoms with van der Waals surface area (Å²) in [5.74, 6) is 0.631. The average molecular weight is 270 g/mol. The lowest BCUT2D eigenvalue weighted by Gasteiger charge is -2.15. The van der Waals surface area contributed by atoms with Crippen LogP contribution in [0.2, 0.25) is 10.0 Å². The highest BCUT2D eigenvalue weighted by molar-refractivity contribution is 6.36. The predicted octanol–water partition coefficient (Wildman–Crippen LogP) is 3.04. The molecule has 0 saturated heterocycles. The largest absolute Gasteiger partial charge is 0.399 e. The zero-order valence-electron chi connectivity index (χ0n) is 8.78. The first-order chi connectivity index (χ1) is 8.13. The topological polar surface area (TPSA) is 64.9 Å². The first-order valence-corrected chi connectivity index (χ1v) is 5.91. The summed E-state index contributed by atoms with van der Waals surface area (Å²) in [6.45, 7) is 0. The summed E-state index contributed by atoms with van der Waals surface area (Å²) >= 11 is 12.5. The molecule has 1 saturated carbocycles. The summed E-state index contributed by atoms with van der Waals surface area (Å²) in [7, 11) is 0. The van der Waals surface area contributed by atoms with Crippen LogP contribution in [-0.4, -0.2) is 10.1 Å². The third-order valence-electron chi connectivity index (χ3n) is 3.08. The summed E-state index contributed by atoms with van der Waals surface area (Å²) < 4.78 is 4.79. The van der Waals surface area contributed by atoms with Crippen LogP contribution in [0.25, 0.3) is 0 Å². The van der Waals surface area contributed by atoms with Crippen LogP contribution in [0.1, 0.15) is 24.2 Å². The third kappa shape index (κ3) is 1.59. The number of hydrogen-bond acceptors (Lipinski definition) is 4. The van der Waals surface area contributed by atoms with Gasteiger partial charge in [0.25, 0.3) is 0 Å². The number of nitrogen functional groups attached to an aromatic ring is 1. The van der Waals surface area contributed by atoms with Gasteiger partial charge in [0.1, 0.15) is 0 Å². The highest BCUT2D eigenvalue weighted by Gasteiger charge is 2.52. The van der Waals surface area contributed by atoms with Crippen molar-refractivity contribution in [2.45, 2.75) is 18.3 Å². The monoisotopic (exact) mass is 269 g/mol. The molecule has 4 nitrogen and oxygen atoms in total.